The Balaban J connectivity index is 1.88. The van der Waals surface area contributed by atoms with E-state index in [1.165, 1.54) is 11.3 Å². The van der Waals surface area contributed by atoms with Crippen molar-refractivity contribution in [2.45, 2.75) is 6.92 Å². The standard InChI is InChI=1S/C14H12N4OS/c1-8-4-5-16-12(6-8)18-13(19)9-2-3-10-11(7-9)20-14(15)17-10/h2-7H,1H3,(H2,15,17)(H,16,18,19). The number of carbonyl (C=O) groups is 1. The Kier molecular flexibility index (Phi) is 3.08. The maximum absolute atomic E-state index is 12.2. The molecule has 0 atom stereocenters. The Morgan fingerprint density at radius 3 is 2.95 bits per heavy atom. The van der Waals surface area contributed by atoms with Crippen LogP contribution < -0.4 is 11.1 Å². The fourth-order valence-corrected chi connectivity index (χ4v) is 2.65. The number of nitrogen functional groups attached to an aromatic ring is 1. The van der Waals surface area contributed by atoms with Crippen LogP contribution in [0.1, 0.15) is 15.9 Å². The van der Waals surface area contributed by atoms with Gasteiger partial charge in [-0.15, -0.1) is 0 Å². The molecule has 2 aromatic heterocycles. The van der Waals surface area contributed by atoms with Crippen LogP contribution in [0, 0.1) is 6.92 Å². The maximum atomic E-state index is 12.2. The van der Waals surface area contributed by atoms with Crippen LogP contribution in [-0.4, -0.2) is 15.9 Å². The van der Waals surface area contributed by atoms with Gasteiger partial charge in [-0.2, -0.15) is 0 Å². The van der Waals surface area contributed by atoms with E-state index in [0.29, 0.717) is 16.5 Å². The van der Waals surface area contributed by atoms with E-state index in [-0.39, 0.29) is 5.91 Å². The van der Waals surface area contributed by atoms with Gasteiger partial charge in [-0.1, -0.05) is 11.3 Å². The van der Waals surface area contributed by atoms with Gasteiger partial charge in [-0.05, 0) is 42.8 Å². The molecule has 0 fully saturated rings. The zero-order valence-electron chi connectivity index (χ0n) is 10.8. The molecule has 0 saturated heterocycles. The highest BCUT2D eigenvalue weighted by molar-refractivity contribution is 7.22. The monoisotopic (exact) mass is 284 g/mol. The minimum Gasteiger partial charge on any atom is -0.375 e. The predicted molar refractivity (Wildman–Crippen MR) is 81.0 cm³/mol. The van der Waals surface area contributed by atoms with Crippen LogP contribution in [0.2, 0.25) is 0 Å². The number of rotatable bonds is 2. The highest BCUT2D eigenvalue weighted by atomic mass is 32.1. The lowest BCUT2D eigenvalue weighted by molar-refractivity contribution is 0.102. The van der Waals surface area contributed by atoms with Gasteiger partial charge in [0.05, 0.1) is 10.2 Å². The minimum atomic E-state index is -0.197. The molecule has 5 nitrogen and oxygen atoms in total. The van der Waals surface area contributed by atoms with Gasteiger partial charge >= 0.3 is 0 Å². The van der Waals surface area contributed by atoms with E-state index in [2.05, 4.69) is 15.3 Å². The molecule has 0 aliphatic heterocycles. The normalized spacial score (nSPS) is 10.7. The highest BCUT2D eigenvalue weighted by Gasteiger charge is 2.09. The predicted octanol–water partition coefficient (Wildman–Crippen LogP) is 2.83. The largest absolute Gasteiger partial charge is 0.375 e. The number of carbonyl (C=O) groups excluding carboxylic acids is 1. The van der Waals surface area contributed by atoms with Crippen molar-refractivity contribution in [1.29, 1.82) is 0 Å². The first-order valence-corrected chi connectivity index (χ1v) is 6.83. The van der Waals surface area contributed by atoms with Crippen LogP contribution >= 0.6 is 11.3 Å². The van der Waals surface area contributed by atoms with Crippen LogP contribution in [-0.2, 0) is 0 Å². The molecule has 3 N–H and O–H groups in total. The molecular weight excluding hydrogens is 272 g/mol. The van der Waals surface area contributed by atoms with Gasteiger partial charge in [0, 0.05) is 11.8 Å². The third kappa shape index (κ3) is 2.46. The first-order chi connectivity index (χ1) is 9.61. The number of thiazole rings is 1. The van der Waals surface area contributed by atoms with Gasteiger partial charge < -0.3 is 11.1 Å². The molecule has 0 radical (unpaired) electrons. The molecule has 0 bridgehead atoms. The van der Waals surface area contributed by atoms with Crippen LogP contribution in [0.15, 0.2) is 36.5 Å². The van der Waals surface area contributed by atoms with Crippen molar-refractivity contribution < 1.29 is 4.79 Å². The number of hydrogen-bond donors (Lipinski definition) is 2. The van der Waals surface area contributed by atoms with Gasteiger partial charge in [0.15, 0.2) is 5.13 Å². The molecule has 3 aromatic rings. The molecule has 2 heterocycles. The van der Waals surface area contributed by atoms with E-state index in [9.17, 15) is 4.79 Å². The van der Waals surface area contributed by atoms with E-state index in [4.69, 9.17) is 5.73 Å². The lowest BCUT2D eigenvalue weighted by Gasteiger charge is -2.04. The molecule has 3 rings (SSSR count). The van der Waals surface area contributed by atoms with Crippen molar-refractivity contribution in [2.75, 3.05) is 11.1 Å². The number of hydrogen-bond acceptors (Lipinski definition) is 5. The average Bonchev–Trinajstić information content (AvgIpc) is 2.77. The molecule has 0 saturated carbocycles. The van der Waals surface area contributed by atoms with E-state index in [1.54, 1.807) is 24.4 Å². The van der Waals surface area contributed by atoms with Crippen molar-refractivity contribution in [3.05, 3.63) is 47.7 Å². The van der Waals surface area contributed by atoms with Gasteiger partial charge in [0.25, 0.3) is 5.91 Å². The highest BCUT2D eigenvalue weighted by Crippen LogP contribution is 2.24. The van der Waals surface area contributed by atoms with E-state index < -0.39 is 0 Å². The second-order valence-electron chi connectivity index (χ2n) is 4.41. The number of fused-ring (bicyclic) bond motifs is 1. The summed E-state index contributed by atoms with van der Waals surface area (Å²) in [6, 6.07) is 9.00. The maximum Gasteiger partial charge on any atom is 0.256 e. The summed E-state index contributed by atoms with van der Waals surface area (Å²) in [5.41, 5.74) is 8.06. The smallest absolute Gasteiger partial charge is 0.256 e. The molecule has 0 aliphatic carbocycles. The summed E-state index contributed by atoms with van der Waals surface area (Å²) in [6.07, 6.45) is 1.66. The third-order valence-corrected chi connectivity index (χ3v) is 3.67. The number of nitrogens with zero attached hydrogens (tertiary/aromatic N) is 2. The first kappa shape index (κ1) is 12.6. The summed E-state index contributed by atoms with van der Waals surface area (Å²) in [4.78, 5) is 20.4. The third-order valence-electron chi connectivity index (χ3n) is 2.82. The SMILES string of the molecule is Cc1ccnc(NC(=O)c2ccc3nc(N)sc3c2)c1. The number of aromatic nitrogens is 2. The number of pyridine rings is 1. The number of anilines is 2. The Labute approximate surface area is 119 Å². The molecule has 0 unspecified atom stereocenters. The summed E-state index contributed by atoms with van der Waals surface area (Å²) >= 11 is 1.36. The Morgan fingerprint density at radius 2 is 2.15 bits per heavy atom. The number of nitrogens with one attached hydrogen (secondary N) is 1. The number of amides is 1. The number of benzene rings is 1. The number of nitrogens with two attached hydrogens (primary N) is 1. The molecular formula is C14H12N4OS. The lowest BCUT2D eigenvalue weighted by Crippen LogP contribution is -2.12. The zero-order valence-corrected chi connectivity index (χ0v) is 11.6. The van der Waals surface area contributed by atoms with Crippen molar-refractivity contribution in [3.63, 3.8) is 0 Å². The molecule has 100 valence electrons. The molecule has 1 amide bonds. The molecule has 6 heteroatoms. The summed E-state index contributed by atoms with van der Waals surface area (Å²) < 4.78 is 0.896. The second-order valence-corrected chi connectivity index (χ2v) is 5.47. The van der Waals surface area contributed by atoms with Gasteiger partial charge in [-0.25, -0.2) is 9.97 Å². The van der Waals surface area contributed by atoms with E-state index in [0.717, 1.165) is 15.8 Å². The Bertz CT molecular complexity index is 797. The van der Waals surface area contributed by atoms with E-state index >= 15 is 0 Å². The quantitative estimate of drug-likeness (QED) is 0.758. The zero-order chi connectivity index (χ0) is 14.1. The topological polar surface area (TPSA) is 80.9 Å². The van der Waals surface area contributed by atoms with Gasteiger partial charge in [0.2, 0.25) is 0 Å². The average molecular weight is 284 g/mol. The summed E-state index contributed by atoms with van der Waals surface area (Å²) in [5.74, 6) is 0.343. The van der Waals surface area contributed by atoms with Crippen LogP contribution in [0.4, 0.5) is 10.9 Å². The van der Waals surface area contributed by atoms with Crippen LogP contribution in [0.5, 0.6) is 0 Å². The van der Waals surface area contributed by atoms with Crippen molar-refractivity contribution in [3.8, 4) is 0 Å². The first-order valence-electron chi connectivity index (χ1n) is 6.02. The van der Waals surface area contributed by atoms with Crippen molar-refractivity contribution in [2.24, 2.45) is 0 Å². The molecule has 20 heavy (non-hydrogen) atoms. The van der Waals surface area contributed by atoms with Crippen molar-refractivity contribution >= 4 is 38.4 Å². The molecule has 1 aromatic carbocycles. The lowest BCUT2D eigenvalue weighted by atomic mass is 10.2. The molecule has 0 spiro atoms. The summed E-state index contributed by atoms with van der Waals surface area (Å²) in [6.45, 7) is 1.95. The van der Waals surface area contributed by atoms with E-state index in [1.807, 2.05) is 19.1 Å². The summed E-state index contributed by atoms with van der Waals surface area (Å²) in [5, 5.41) is 3.27. The molecule has 0 aliphatic rings. The fourth-order valence-electron chi connectivity index (χ4n) is 1.88. The van der Waals surface area contributed by atoms with Crippen molar-refractivity contribution in [1.82, 2.24) is 9.97 Å². The van der Waals surface area contributed by atoms with Gasteiger partial charge in [0.1, 0.15) is 5.82 Å². The Morgan fingerprint density at radius 1 is 1.30 bits per heavy atom. The Hall–Kier alpha value is -2.47. The van der Waals surface area contributed by atoms with Gasteiger partial charge in [-0.3, -0.25) is 4.79 Å². The fraction of sp³-hybridized carbons (Fsp3) is 0.0714. The number of aryl methyl sites for hydroxylation is 1. The van der Waals surface area contributed by atoms with Crippen LogP contribution in [0.25, 0.3) is 10.2 Å². The minimum absolute atomic E-state index is 0.197. The van der Waals surface area contributed by atoms with Crippen LogP contribution in [0.3, 0.4) is 0 Å². The second kappa shape index (κ2) is 4.90. The summed E-state index contributed by atoms with van der Waals surface area (Å²) in [7, 11) is 0.